The van der Waals surface area contributed by atoms with Gasteiger partial charge in [0, 0.05) is 0 Å². The Morgan fingerprint density at radius 1 is 1.08 bits per heavy atom. The molecular weight excluding hydrogens is 304 g/mol. The van der Waals surface area contributed by atoms with E-state index in [9.17, 15) is 4.79 Å². The fourth-order valence-electron chi connectivity index (χ4n) is 2.04. The first-order valence-corrected chi connectivity index (χ1v) is 7.37. The molecule has 120 valence electrons. The maximum atomic E-state index is 12.2. The van der Waals surface area contributed by atoms with E-state index in [2.05, 4.69) is 26.3 Å². The van der Waals surface area contributed by atoms with Gasteiger partial charge in [-0.05, 0) is 29.8 Å². The molecule has 0 aliphatic heterocycles. The normalized spacial score (nSPS) is 10.7. The molecule has 3 rings (SSSR count). The summed E-state index contributed by atoms with van der Waals surface area (Å²) in [5.74, 6) is -0.416. The van der Waals surface area contributed by atoms with Crippen molar-refractivity contribution in [3.8, 4) is 0 Å². The fourth-order valence-corrected chi connectivity index (χ4v) is 2.04. The van der Waals surface area contributed by atoms with Crippen LogP contribution in [0.15, 0.2) is 65.8 Å². The molecule has 0 aliphatic carbocycles. The average Bonchev–Trinajstić information content (AvgIpc) is 2.97. The van der Waals surface area contributed by atoms with Crippen LogP contribution in [0.4, 0.5) is 5.69 Å². The number of carbonyl (C=O) groups excluding carboxylic acids is 1. The number of nitrogens with one attached hydrogen (secondary N) is 2. The van der Waals surface area contributed by atoms with Gasteiger partial charge in [0.2, 0.25) is 0 Å². The van der Waals surface area contributed by atoms with E-state index in [0.717, 1.165) is 11.3 Å². The van der Waals surface area contributed by atoms with Gasteiger partial charge in [-0.25, -0.2) is 5.43 Å². The number of aromatic nitrogens is 3. The summed E-state index contributed by atoms with van der Waals surface area (Å²) in [6, 6.07) is 19.0. The molecule has 0 spiro atoms. The summed E-state index contributed by atoms with van der Waals surface area (Å²) < 4.78 is 0. The van der Waals surface area contributed by atoms with Crippen molar-refractivity contribution in [2.75, 3.05) is 5.43 Å². The highest BCUT2D eigenvalue weighted by molar-refractivity contribution is 5.94. The number of hydrazone groups is 1. The lowest BCUT2D eigenvalue weighted by Gasteiger charge is -2.06. The van der Waals surface area contributed by atoms with Crippen LogP contribution < -0.4 is 10.9 Å². The molecule has 0 radical (unpaired) electrons. The van der Waals surface area contributed by atoms with Crippen molar-refractivity contribution < 1.29 is 4.79 Å². The van der Waals surface area contributed by atoms with E-state index in [1.165, 1.54) is 4.79 Å². The van der Waals surface area contributed by atoms with E-state index in [1.807, 2.05) is 60.7 Å². The molecular formula is C17H16N6O. The molecule has 0 saturated heterocycles. The third kappa shape index (κ3) is 3.64. The van der Waals surface area contributed by atoms with Crippen molar-refractivity contribution >= 4 is 17.8 Å². The van der Waals surface area contributed by atoms with Crippen LogP contribution >= 0.6 is 0 Å². The Kier molecular flexibility index (Phi) is 4.62. The molecule has 0 saturated carbocycles. The predicted octanol–water partition coefficient (Wildman–Crippen LogP) is 2.23. The quantitative estimate of drug-likeness (QED) is 0.558. The first-order valence-electron chi connectivity index (χ1n) is 7.37. The Balaban J connectivity index is 1.66. The van der Waals surface area contributed by atoms with Crippen molar-refractivity contribution in [2.24, 2.45) is 5.10 Å². The molecule has 1 heterocycles. The van der Waals surface area contributed by atoms with E-state index >= 15 is 0 Å². The summed E-state index contributed by atoms with van der Waals surface area (Å²) in [5.41, 5.74) is 8.05. The highest BCUT2D eigenvalue weighted by atomic mass is 16.2. The molecule has 0 aliphatic rings. The van der Waals surface area contributed by atoms with E-state index in [-0.39, 0.29) is 5.69 Å². The lowest BCUT2D eigenvalue weighted by Crippen LogP contribution is -2.20. The van der Waals surface area contributed by atoms with Gasteiger partial charge in [-0.3, -0.25) is 10.2 Å². The smallest absolute Gasteiger partial charge is 0.277 e. The second-order valence-electron chi connectivity index (χ2n) is 5.02. The Morgan fingerprint density at radius 3 is 2.46 bits per heavy atom. The fraction of sp³-hybridized carbons (Fsp3) is 0.0588. The van der Waals surface area contributed by atoms with Gasteiger partial charge in [0.15, 0.2) is 5.69 Å². The van der Waals surface area contributed by atoms with Gasteiger partial charge in [0.1, 0.15) is 0 Å². The first kappa shape index (κ1) is 15.4. The predicted molar refractivity (Wildman–Crippen MR) is 91.7 cm³/mol. The molecule has 24 heavy (non-hydrogen) atoms. The molecule has 0 atom stereocenters. The molecule has 7 heteroatoms. The highest BCUT2D eigenvalue weighted by Crippen LogP contribution is 2.08. The van der Waals surface area contributed by atoms with Crippen LogP contribution in [0.3, 0.4) is 0 Å². The minimum atomic E-state index is -0.416. The molecule has 7 nitrogen and oxygen atoms in total. The minimum Gasteiger partial charge on any atom is -0.277 e. The number of carbonyl (C=O) groups is 1. The van der Waals surface area contributed by atoms with E-state index < -0.39 is 5.91 Å². The van der Waals surface area contributed by atoms with Gasteiger partial charge in [-0.1, -0.05) is 48.5 Å². The van der Waals surface area contributed by atoms with Gasteiger partial charge in [-0.15, -0.1) is 5.10 Å². The van der Waals surface area contributed by atoms with Gasteiger partial charge in [0.05, 0.1) is 17.6 Å². The number of rotatable bonds is 5. The second kappa shape index (κ2) is 7.19. The zero-order chi connectivity index (χ0) is 16.8. The summed E-state index contributed by atoms with van der Waals surface area (Å²) in [4.78, 5) is 13.6. The van der Waals surface area contributed by atoms with Gasteiger partial charge >= 0.3 is 0 Å². The molecule has 0 bridgehead atoms. The van der Waals surface area contributed by atoms with Crippen LogP contribution in [-0.2, 0) is 0 Å². The monoisotopic (exact) mass is 320 g/mol. The van der Waals surface area contributed by atoms with Gasteiger partial charge < -0.3 is 0 Å². The lowest BCUT2D eigenvalue weighted by atomic mass is 10.2. The highest BCUT2D eigenvalue weighted by Gasteiger charge is 2.16. The third-order valence-corrected chi connectivity index (χ3v) is 3.30. The summed E-state index contributed by atoms with van der Waals surface area (Å²) in [6.07, 6.45) is 1.57. The first-order chi connectivity index (χ1) is 11.7. The number of para-hydroxylation sites is 1. The molecule has 3 aromatic rings. The SMILES string of the molecule is Cc1c(C(=O)N/N=C/c2ccccc2)nnn1Nc1ccccc1. The van der Waals surface area contributed by atoms with Gasteiger partial charge in [0.25, 0.3) is 5.91 Å². The molecule has 1 aromatic heterocycles. The van der Waals surface area contributed by atoms with Crippen molar-refractivity contribution in [1.82, 2.24) is 20.5 Å². The van der Waals surface area contributed by atoms with Crippen LogP contribution in [0.2, 0.25) is 0 Å². The van der Waals surface area contributed by atoms with Crippen molar-refractivity contribution in [1.29, 1.82) is 0 Å². The number of hydrogen-bond donors (Lipinski definition) is 2. The Labute approximate surface area is 139 Å². The maximum Gasteiger partial charge on any atom is 0.293 e. The topological polar surface area (TPSA) is 84.2 Å². The second-order valence-corrected chi connectivity index (χ2v) is 5.02. The van der Waals surface area contributed by atoms with E-state index in [1.54, 1.807) is 13.1 Å². The minimum absolute atomic E-state index is 0.212. The lowest BCUT2D eigenvalue weighted by molar-refractivity contribution is 0.0949. The van der Waals surface area contributed by atoms with Crippen molar-refractivity contribution in [3.05, 3.63) is 77.6 Å². The third-order valence-electron chi connectivity index (χ3n) is 3.30. The number of amides is 1. The molecule has 0 fully saturated rings. The van der Waals surface area contributed by atoms with Crippen LogP contribution in [0.1, 0.15) is 21.7 Å². The van der Waals surface area contributed by atoms with Crippen LogP contribution in [0, 0.1) is 6.92 Å². The number of benzene rings is 2. The Bertz CT molecular complexity index is 842. The molecule has 0 unspecified atom stereocenters. The van der Waals surface area contributed by atoms with Gasteiger partial charge in [-0.2, -0.15) is 9.89 Å². The standard InChI is InChI=1S/C17H16N6O/c1-13-16(17(24)20-18-12-14-8-4-2-5-9-14)19-22-23(13)21-15-10-6-3-7-11-15/h2-12,21H,1H3,(H,20,24)/b18-12+. The number of hydrogen-bond acceptors (Lipinski definition) is 5. The molecule has 1 amide bonds. The van der Waals surface area contributed by atoms with E-state index in [4.69, 9.17) is 0 Å². The maximum absolute atomic E-state index is 12.2. The summed E-state index contributed by atoms with van der Waals surface area (Å²) in [6.45, 7) is 1.76. The average molecular weight is 320 g/mol. The summed E-state index contributed by atoms with van der Waals surface area (Å²) >= 11 is 0. The Morgan fingerprint density at radius 2 is 1.75 bits per heavy atom. The largest absolute Gasteiger partial charge is 0.293 e. The van der Waals surface area contributed by atoms with E-state index in [0.29, 0.717) is 5.69 Å². The van der Waals surface area contributed by atoms with Crippen molar-refractivity contribution in [2.45, 2.75) is 6.92 Å². The van der Waals surface area contributed by atoms with Crippen molar-refractivity contribution in [3.63, 3.8) is 0 Å². The Hall–Kier alpha value is -3.48. The van der Waals surface area contributed by atoms with Crippen LogP contribution in [0.5, 0.6) is 0 Å². The summed E-state index contributed by atoms with van der Waals surface area (Å²) in [7, 11) is 0. The molecule has 2 aromatic carbocycles. The number of nitrogens with zero attached hydrogens (tertiary/aromatic N) is 4. The summed E-state index contributed by atoms with van der Waals surface area (Å²) in [5, 5.41) is 11.8. The number of anilines is 1. The van der Waals surface area contributed by atoms with Crippen LogP contribution in [-0.4, -0.2) is 27.2 Å². The molecule has 2 N–H and O–H groups in total. The van der Waals surface area contributed by atoms with Crippen LogP contribution in [0.25, 0.3) is 0 Å². The zero-order valence-electron chi connectivity index (χ0n) is 13.0. The zero-order valence-corrected chi connectivity index (χ0v) is 13.0.